The van der Waals surface area contributed by atoms with E-state index in [2.05, 4.69) is 10.3 Å². The number of nitrogens with zero attached hydrogens (tertiary/aromatic N) is 2. The highest BCUT2D eigenvalue weighted by Gasteiger charge is 2.33. The summed E-state index contributed by atoms with van der Waals surface area (Å²) < 4.78 is 38.9. The predicted molar refractivity (Wildman–Crippen MR) is 97.4 cm³/mol. The standard InChI is InChI=1S/C19H21F3N4O2/c20-19(21,22)16-7-13(9-23)8-17(25-16)24-10-12-2-1-3-14(6-12)18(28)26-5-4-15(27)11-26/h1-3,6-8,15,27H,4-5,9-11,23H2,(H,24,25). The van der Waals surface area contributed by atoms with Crippen LogP contribution in [-0.4, -0.2) is 40.1 Å². The Kier molecular flexibility index (Phi) is 5.85. The first kappa shape index (κ1) is 20.1. The molecule has 4 N–H and O–H groups in total. The van der Waals surface area contributed by atoms with Crippen molar-refractivity contribution >= 4 is 11.7 Å². The molecule has 150 valence electrons. The molecule has 1 aromatic carbocycles. The van der Waals surface area contributed by atoms with Crippen molar-refractivity contribution in [2.24, 2.45) is 5.73 Å². The topological polar surface area (TPSA) is 91.5 Å². The lowest BCUT2D eigenvalue weighted by atomic mass is 10.1. The third-order valence-electron chi connectivity index (χ3n) is 4.51. The van der Waals surface area contributed by atoms with Gasteiger partial charge in [0.1, 0.15) is 11.5 Å². The molecule has 0 saturated carbocycles. The molecule has 1 aliphatic heterocycles. The molecule has 0 aliphatic carbocycles. The molecule has 0 radical (unpaired) electrons. The average Bonchev–Trinajstić information content (AvgIpc) is 3.11. The first-order valence-corrected chi connectivity index (χ1v) is 8.84. The third kappa shape index (κ3) is 4.79. The van der Waals surface area contributed by atoms with Crippen molar-refractivity contribution in [1.29, 1.82) is 0 Å². The van der Waals surface area contributed by atoms with Gasteiger partial charge in [-0.1, -0.05) is 12.1 Å². The van der Waals surface area contributed by atoms with E-state index >= 15 is 0 Å². The van der Waals surface area contributed by atoms with Crippen molar-refractivity contribution in [3.05, 3.63) is 58.8 Å². The molecule has 1 saturated heterocycles. The van der Waals surface area contributed by atoms with Crippen molar-refractivity contribution in [2.75, 3.05) is 18.4 Å². The van der Waals surface area contributed by atoms with Crippen LogP contribution in [0.3, 0.4) is 0 Å². The summed E-state index contributed by atoms with van der Waals surface area (Å²) in [5, 5.41) is 12.4. The molecular weight excluding hydrogens is 373 g/mol. The SMILES string of the molecule is NCc1cc(NCc2cccc(C(=O)N3CCC(O)C3)c2)nc(C(F)(F)F)c1. The van der Waals surface area contributed by atoms with Gasteiger partial charge in [-0.25, -0.2) is 4.98 Å². The van der Waals surface area contributed by atoms with Gasteiger partial charge >= 0.3 is 6.18 Å². The Balaban J connectivity index is 1.72. The number of rotatable bonds is 5. The van der Waals surface area contributed by atoms with Crippen molar-refractivity contribution < 1.29 is 23.1 Å². The van der Waals surface area contributed by atoms with Crippen LogP contribution in [-0.2, 0) is 19.3 Å². The van der Waals surface area contributed by atoms with E-state index in [1.165, 1.54) is 6.07 Å². The number of aromatic nitrogens is 1. The maximum absolute atomic E-state index is 13.0. The maximum atomic E-state index is 13.0. The van der Waals surface area contributed by atoms with Crippen molar-refractivity contribution in [2.45, 2.75) is 31.8 Å². The van der Waals surface area contributed by atoms with E-state index in [0.717, 1.165) is 11.6 Å². The van der Waals surface area contributed by atoms with Crippen LogP contribution in [0.15, 0.2) is 36.4 Å². The Labute approximate surface area is 160 Å². The number of pyridine rings is 1. The van der Waals surface area contributed by atoms with Gasteiger partial charge in [-0.2, -0.15) is 13.2 Å². The summed E-state index contributed by atoms with van der Waals surface area (Å²) in [5.41, 5.74) is 5.98. The van der Waals surface area contributed by atoms with E-state index in [4.69, 9.17) is 5.73 Å². The van der Waals surface area contributed by atoms with E-state index < -0.39 is 18.0 Å². The number of aliphatic hydroxyl groups is 1. The fraction of sp³-hybridized carbons (Fsp3) is 0.368. The number of anilines is 1. The van der Waals surface area contributed by atoms with Gasteiger partial charge in [-0.3, -0.25) is 4.79 Å². The average molecular weight is 394 g/mol. The minimum absolute atomic E-state index is 0.0358. The van der Waals surface area contributed by atoms with E-state index in [9.17, 15) is 23.1 Å². The van der Waals surface area contributed by atoms with Gasteiger partial charge in [-0.15, -0.1) is 0 Å². The Morgan fingerprint density at radius 1 is 1.29 bits per heavy atom. The highest BCUT2D eigenvalue weighted by atomic mass is 19.4. The minimum atomic E-state index is -4.56. The van der Waals surface area contributed by atoms with Gasteiger partial charge in [-0.05, 0) is 41.8 Å². The maximum Gasteiger partial charge on any atom is 0.433 e. The molecule has 2 aromatic rings. The van der Waals surface area contributed by atoms with E-state index in [1.807, 2.05) is 0 Å². The second kappa shape index (κ2) is 8.15. The second-order valence-corrected chi connectivity index (χ2v) is 6.70. The number of carbonyl (C=O) groups is 1. The molecule has 1 fully saturated rings. The molecule has 1 unspecified atom stereocenters. The molecule has 1 atom stereocenters. The molecule has 0 spiro atoms. The normalized spacial score (nSPS) is 17.0. The summed E-state index contributed by atoms with van der Waals surface area (Å²) in [5.74, 6) is -0.115. The molecule has 1 amide bonds. The summed E-state index contributed by atoms with van der Waals surface area (Å²) in [6.45, 7) is 0.962. The second-order valence-electron chi connectivity index (χ2n) is 6.70. The number of benzene rings is 1. The molecular formula is C19H21F3N4O2. The number of hydrogen-bond donors (Lipinski definition) is 3. The first-order chi connectivity index (χ1) is 13.3. The Bertz CT molecular complexity index is 857. The van der Waals surface area contributed by atoms with Crippen LogP contribution >= 0.6 is 0 Å². The number of alkyl halides is 3. The Morgan fingerprint density at radius 3 is 2.71 bits per heavy atom. The van der Waals surface area contributed by atoms with E-state index in [-0.39, 0.29) is 24.8 Å². The number of hydrogen-bond acceptors (Lipinski definition) is 5. The minimum Gasteiger partial charge on any atom is -0.391 e. The third-order valence-corrected chi connectivity index (χ3v) is 4.51. The molecule has 6 nitrogen and oxygen atoms in total. The van der Waals surface area contributed by atoms with Gasteiger partial charge in [0.05, 0.1) is 6.10 Å². The van der Waals surface area contributed by atoms with Gasteiger partial charge < -0.3 is 21.1 Å². The smallest absolute Gasteiger partial charge is 0.391 e. The lowest BCUT2D eigenvalue weighted by Crippen LogP contribution is -2.29. The van der Waals surface area contributed by atoms with Crippen LogP contribution in [0.1, 0.15) is 33.6 Å². The fourth-order valence-corrected chi connectivity index (χ4v) is 3.06. The summed E-state index contributed by atoms with van der Waals surface area (Å²) in [4.78, 5) is 17.7. The lowest BCUT2D eigenvalue weighted by Gasteiger charge is -2.16. The number of aliphatic hydroxyl groups excluding tert-OH is 1. The summed E-state index contributed by atoms with van der Waals surface area (Å²) >= 11 is 0. The number of nitrogens with one attached hydrogen (secondary N) is 1. The predicted octanol–water partition coefficient (Wildman–Crippen LogP) is 2.38. The van der Waals surface area contributed by atoms with Gasteiger partial charge in [0.15, 0.2) is 0 Å². The molecule has 0 bridgehead atoms. The molecule has 28 heavy (non-hydrogen) atoms. The fourth-order valence-electron chi connectivity index (χ4n) is 3.06. The number of β-amino-alcohol motifs (C(OH)–C–C–N with tert-alkyl or cyclic N) is 1. The van der Waals surface area contributed by atoms with Gasteiger partial charge in [0.2, 0.25) is 0 Å². The van der Waals surface area contributed by atoms with Gasteiger partial charge in [0, 0.05) is 31.7 Å². The zero-order valence-corrected chi connectivity index (χ0v) is 15.0. The monoisotopic (exact) mass is 394 g/mol. The number of nitrogens with two attached hydrogens (primary N) is 1. The molecule has 2 heterocycles. The summed E-state index contributed by atoms with van der Waals surface area (Å²) in [6, 6.07) is 9.22. The van der Waals surface area contributed by atoms with Crippen LogP contribution in [0.4, 0.5) is 19.0 Å². The number of carbonyl (C=O) groups excluding carboxylic acids is 1. The molecule has 3 rings (SSSR count). The van der Waals surface area contributed by atoms with Crippen molar-refractivity contribution in [3.63, 3.8) is 0 Å². The van der Waals surface area contributed by atoms with Crippen molar-refractivity contribution in [3.8, 4) is 0 Å². The lowest BCUT2D eigenvalue weighted by molar-refractivity contribution is -0.141. The number of likely N-dealkylation sites (tertiary alicyclic amines) is 1. The van der Waals surface area contributed by atoms with Gasteiger partial charge in [0.25, 0.3) is 5.91 Å². The largest absolute Gasteiger partial charge is 0.433 e. The van der Waals surface area contributed by atoms with Crippen LogP contribution in [0.25, 0.3) is 0 Å². The first-order valence-electron chi connectivity index (χ1n) is 8.84. The Morgan fingerprint density at radius 2 is 2.07 bits per heavy atom. The van der Waals surface area contributed by atoms with Crippen LogP contribution in [0.2, 0.25) is 0 Å². The number of halogens is 3. The summed E-state index contributed by atoms with van der Waals surface area (Å²) in [6.07, 6.45) is -4.51. The quantitative estimate of drug-likeness (QED) is 0.724. The summed E-state index contributed by atoms with van der Waals surface area (Å²) in [7, 11) is 0. The molecule has 9 heteroatoms. The molecule has 1 aromatic heterocycles. The van der Waals surface area contributed by atoms with E-state index in [0.29, 0.717) is 30.6 Å². The van der Waals surface area contributed by atoms with E-state index in [1.54, 1.807) is 29.2 Å². The zero-order chi connectivity index (χ0) is 20.3. The van der Waals surface area contributed by atoms with Crippen LogP contribution in [0, 0.1) is 0 Å². The highest BCUT2D eigenvalue weighted by Crippen LogP contribution is 2.29. The van der Waals surface area contributed by atoms with Crippen molar-refractivity contribution in [1.82, 2.24) is 9.88 Å². The zero-order valence-electron chi connectivity index (χ0n) is 15.0. The van der Waals surface area contributed by atoms with Crippen LogP contribution in [0.5, 0.6) is 0 Å². The van der Waals surface area contributed by atoms with Crippen LogP contribution < -0.4 is 11.1 Å². The Hall–Kier alpha value is -2.65. The molecule has 1 aliphatic rings. The number of amides is 1. The highest BCUT2D eigenvalue weighted by molar-refractivity contribution is 5.94.